The van der Waals surface area contributed by atoms with Gasteiger partial charge < -0.3 is 14.8 Å². The van der Waals surface area contributed by atoms with Crippen molar-refractivity contribution < 1.29 is 27.8 Å². The molecule has 0 saturated carbocycles. The molecule has 0 radical (unpaired) electrons. The van der Waals surface area contributed by atoms with E-state index in [2.05, 4.69) is 15.6 Å². The molecule has 9 heteroatoms. The second kappa shape index (κ2) is 7.70. The van der Waals surface area contributed by atoms with Crippen LogP contribution in [0.25, 0.3) is 0 Å². The number of rotatable bonds is 5. The van der Waals surface area contributed by atoms with Crippen LogP contribution in [-0.2, 0) is 9.53 Å². The maximum absolute atomic E-state index is 12.3. The highest BCUT2D eigenvalue weighted by molar-refractivity contribution is 5.91. The Bertz CT molecular complexity index is 574. The third-order valence-corrected chi connectivity index (χ3v) is 2.17. The molecule has 7 nitrogen and oxygen atoms in total. The summed E-state index contributed by atoms with van der Waals surface area (Å²) >= 11 is 0. The molecule has 0 aromatic carbocycles. The molecule has 0 spiro atoms. The number of ether oxygens (including phenoxy) is 2. The van der Waals surface area contributed by atoms with Crippen LogP contribution in [0.5, 0.6) is 5.75 Å². The highest BCUT2D eigenvalue weighted by Crippen LogP contribution is 2.27. The lowest BCUT2D eigenvalue weighted by molar-refractivity contribution is -0.114. The molecule has 1 heterocycles. The van der Waals surface area contributed by atoms with Crippen molar-refractivity contribution in [2.75, 3.05) is 17.2 Å². The van der Waals surface area contributed by atoms with Gasteiger partial charge in [0.05, 0.1) is 11.9 Å². The lowest BCUT2D eigenvalue weighted by Gasteiger charge is -2.20. The van der Waals surface area contributed by atoms with Crippen LogP contribution in [0.1, 0.15) is 27.7 Å². The summed E-state index contributed by atoms with van der Waals surface area (Å²) in [6, 6.07) is 1.28. The molecule has 2 N–H and O–H groups in total. The van der Waals surface area contributed by atoms with E-state index in [1.807, 2.05) is 0 Å². The molecule has 0 atom stereocenters. The molecule has 1 aromatic rings. The number of halogens is 2. The van der Waals surface area contributed by atoms with Crippen molar-refractivity contribution in [1.82, 2.24) is 4.98 Å². The average Bonchev–Trinajstić information content (AvgIpc) is 2.34. The van der Waals surface area contributed by atoms with Gasteiger partial charge in [-0.3, -0.25) is 10.1 Å². The van der Waals surface area contributed by atoms with Gasteiger partial charge in [0, 0.05) is 13.0 Å². The van der Waals surface area contributed by atoms with Crippen molar-refractivity contribution in [3.63, 3.8) is 0 Å². The molecule has 0 fully saturated rings. The molecule has 128 valence electrons. The van der Waals surface area contributed by atoms with Gasteiger partial charge in [-0.05, 0) is 20.8 Å². The molecule has 23 heavy (non-hydrogen) atoms. The highest BCUT2D eigenvalue weighted by Gasteiger charge is 2.19. The summed E-state index contributed by atoms with van der Waals surface area (Å²) < 4.78 is 34.5. The number of hydrogen-bond donors (Lipinski definition) is 2. The minimum Gasteiger partial charge on any atom is -0.484 e. The number of carbonyl (C=O) groups is 2. The second-order valence-electron chi connectivity index (χ2n) is 5.58. The lowest BCUT2D eigenvalue weighted by Crippen LogP contribution is -2.27. The van der Waals surface area contributed by atoms with Gasteiger partial charge in [0.15, 0.2) is 5.75 Å². The summed E-state index contributed by atoms with van der Waals surface area (Å²) in [5.41, 5.74) is -0.680. The van der Waals surface area contributed by atoms with Gasteiger partial charge in [-0.2, -0.15) is 0 Å². The van der Waals surface area contributed by atoms with Crippen molar-refractivity contribution in [1.29, 1.82) is 0 Å². The van der Waals surface area contributed by atoms with E-state index in [1.165, 1.54) is 13.0 Å². The lowest BCUT2D eigenvalue weighted by atomic mass is 10.2. The molecule has 1 aromatic heterocycles. The zero-order chi connectivity index (χ0) is 17.6. The van der Waals surface area contributed by atoms with Crippen LogP contribution >= 0.6 is 0 Å². The summed E-state index contributed by atoms with van der Waals surface area (Å²) in [6.45, 7) is 5.45. The Morgan fingerprint density at radius 3 is 2.48 bits per heavy atom. The van der Waals surface area contributed by atoms with E-state index in [0.29, 0.717) is 0 Å². The second-order valence-corrected chi connectivity index (χ2v) is 5.58. The minimum absolute atomic E-state index is 0.0543. The fourth-order valence-electron chi connectivity index (χ4n) is 1.47. The normalized spacial score (nSPS) is 11.1. The van der Waals surface area contributed by atoms with E-state index in [-0.39, 0.29) is 23.2 Å². The van der Waals surface area contributed by atoms with E-state index in [1.54, 1.807) is 20.8 Å². The van der Waals surface area contributed by atoms with Gasteiger partial charge in [-0.15, -0.1) is 0 Å². The van der Waals surface area contributed by atoms with E-state index in [4.69, 9.17) is 9.47 Å². The molecular weight excluding hydrogens is 312 g/mol. The van der Waals surface area contributed by atoms with Crippen LogP contribution in [0, 0.1) is 0 Å². The number of carbonyl (C=O) groups excluding carboxylic acids is 2. The minimum atomic E-state index is -2.68. The summed E-state index contributed by atoms with van der Waals surface area (Å²) in [4.78, 5) is 26.7. The predicted octanol–water partition coefficient (Wildman–Crippen LogP) is 3.03. The van der Waals surface area contributed by atoms with E-state index >= 15 is 0 Å². The Labute approximate surface area is 132 Å². The molecule has 0 bridgehead atoms. The zero-order valence-corrected chi connectivity index (χ0v) is 13.3. The quantitative estimate of drug-likeness (QED) is 0.865. The predicted molar refractivity (Wildman–Crippen MR) is 79.9 cm³/mol. The standard InChI is InChI=1S/C14H19F2N3O4/c1-8(20)18-12-5-9(19-13(21)23-14(2,3)4)10(6-17-12)22-7-11(15)16/h5-6,11H,7H2,1-4H3,(H2,17,18,19,20,21). The third-order valence-electron chi connectivity index (χ3n) is 2.17. The Hall–Kier alpha value is -2.45. The number of anilines is 2. The Morgan fingerprint density at radius 1 is 1.30 bits per heavy atom. The van der Waals surface area contributed by atoms with Gasteiger partial charge >= 0.3 is 6.09 Å². The molecule has 0 aliphatic heterocycles. The third kappa shape index (κ3) is 7.39. The number of aromatic nitrogens is 1. The van der Waals surface area contributed by atoms with Crippen molar-refractivity contribution in [2.24, 2.45) is 0 Å². The van der Waals surface area contributed by atoms with Crippen LogP contribution in [-0.4, -0.2) is 35.6 Å². The fourth-order valence-corrected chi connectivity index (χ4v) is 1.47. The number of nitrogens with zero attached hydrogens (tertiary/aromatic N) is 1. The average molecular weight is 331 g/mol. The van der Waals surface area contributed by atoms with Gasteiger partial charge in [-0.1, -0.05) is 0 Å². The first-order chi connectivity index (χ1) is 10.6. The molecule has 0 aliphatic rings. The smallest absolute Gasteiger partial charge is 0.412 e. The fraction of sp³-hybridized carbons (Fsp3) is 0.500. The summed E-state index contributed by atoms with van der Waals surface area (Å²) in [6.07, 6.45) is -2.35. The number of nitrogens with one attached hydrogen (secondary N) is 2. The SMILES string of the molecule is CC(=O)Nc1cc(NC(=O)OC(C)(C)C)c(OCC(F)F)cn1. The molecule has 0 unspecified atom stereocenters. The first-order valence-electron chi connectivity index (χ1n) is 6.75. The van der Waals surface area contributed by atoms with Crippen LogP contribution < -0.4 is 15.4 Å². The van der Waals surface area contributed by atoms with Crippen LogP contribution in [0.15, 0.2) is 12.3 Å². The van der Waals surface area contributed by atoms with Crippen LogP contribution in [0.2, 0.25) is 0 Å². The van der Waals surface area contributed by atoms with Crippen LogP contribution in [0.3, 0.4) is 0 Å². The number of alkyl halides is 2. The Balaban J connectivity index is 2.97. The molecule has 0 saturated heterocycles. The molecule has 1 rings (SSSR count). The van der Waals surface area contributed by atoms with Gasteiger partial charge in [0.2, 0.25) is 5.91 Å². The Morgan fingerprint density at radius 2 is 1.96 bits per heavy atom. The van der Waals surface area contributed by atoms with E-state index in [0.717, 1.165) is 6.20 Å². The molecule has 2 amide bonds. The summed E-state index contributed by atoms with van der Waals surface area (Å²) in [5.74, 6) is -0.305. The zero-order valence-electron chi connectivity index (χ0n) is 13.3. The molecule has 0 aliphatic carbocycles. The largest absolute Gasteiger partial charge is 0.484 e. The van der Waals surface area contributed by atoms with Crippen molar-refractivity contribution in [3.05, 3.63) is 12.3 Å². The van der Waals surface area contributed by atoms with Crippen LogP contribution in [0.4, 0.5) is 25.1 Å². The van der Waals surface area contributed by atoms with Crippen molar-refractivity contribution in [3.8, 4) is 5.75 Å². The molecular formula is C14H19F2N3O4. The topological polar surface area (TPSA) is 89.6 Å². The van der Waals surface area contributed by atoms with Gasteiger partial charge in [-0.25, -0.2) is 18.6 Å². The monoisotopic (exact) mass is 331 g/mol. The highest BCUT2D eigenvalue weighted by atomic mass is 19.3. The Kier molecular flexibility index (Phi) is 6.23. The number of amides is 2. The van der Waals surface area contributed by atoms with Gasteiger partial charge in [0.1, 0.15) is 18.0 Å². The first kappa shape index (κ1) is 18.6. The summed E-state index contributed by atoms with van der Waals surface area (Å²) in [7, 11) is 0. The van der Waals surface area contributed by atoms with Gasteiger partial charge in [0.25, 0.3) is 6.43 Å². The van der Waals surface area contributed by atoms with E-state index < -0.39 is 24.7 Å². The maximum Gasteiger partial charge on any atom is 0.412 e. The number of hydrogen-bond acceptors (Lipinski definition) is 5. The van der Waals surface area contributed by atoms with Crippen molar-refractivity contribution in [2.45, 2.75) is 39.7 Å². The summed E-state index contributed by atoms with van der Waals surface area (Å²) in [5, 5.41) is 4.79. The van der Waals surface area contributed by atoms with Crippen molar-refractivity contribution >= 4 is 23.5 Å². The maximum atomic E-state index is 12.3. The first-order valence-corrected chi connectivity index (χ1v) is 6.75. The number of pyridine rings is 1. The van der Waals surface area contributed by atoms with E-state index in [9.17, 15) is 18.4 Å².